The van der Waals surface area contributed by atoms with Crippen molar-refractivity contribution in [1.29, 1.82) is 0 Å². The molecule has 1 heterocycles. The molecule has 1 aromatic heterocycles. The molecule has 2 rings (SSSR count). The maximum absolute atomic E-state index is 12.1. The van der Waals surface area contributed by atoms with Crippen LogP contribution in [0, 0.1) is 13.8 Å². The van der Waals surface area contributed by atoms with Crippen molar-refractivity contribution in [1.82, 2.24) is 4.98 Å². The summed E-state index contributed by atoms with van der Waals surface area (Å²) in [7, 11) is 0. The zero-order valence-corrected chi connectivity index (χ0v) is 16.0. The largest absolute Gasteiger partial charge is 0.573 e. The van der Waals surface area contributed by atoms with E-state index in [9.17, 15) is 13.2 Å². The number of nitrogens with zero attached hydrogens (tertiary/aromatic N) is 2. The number of ether oxygens (including phenoxy) is 1. The monoisotopic (exact) mass is 472 g/mol. The number of benzene rings is 1. The molecule has 3 N–H and O–H groups in total. The fourth-order valence-electron chi connectivity index (χ4n) is 1.80. The highest BCUT2D eigenvalue weighted by atomic mass is 127. The third-order valence-electron chi connectivity index (χ3n) is 2.75. The van der Waals surface area contributed by atoms with Gasteiger partial charge in [-0.25, -0.2) is 9.98 Å². The summed E-state index contributed by atoms with van der Waals surface area (Å²) < 4.78 is 40.0. The van der Waals surface area contributed by atoms with Gasteiger partial charge in [-0.2, -0.15) is 0 Å². The van der Waals surface area contributed by atoms with E-state index in [1.165, 1.54) is 24.3 Å². The van der Waals surface area contributed by atoms with Crippen molar-refractivity contribution in [3.63, 3.8) is 0 Å². The predicted octanol–water partition coefficient (Wildman–Crippen LogP) is 4.20. The second-order valence-electron chi connectivity index (χ2n) is 4.64. The molecule has 10 heteroatoms. The summed E-state index contributed by atoms with van der Waals surface area (Å²) in [6.07, 6.45) is -4.71. The van der Waals surface area contributed by atoms with E-state index in [2.05, 4.69) is 20.0 Å². The fourth-order valence-corrected chi connectivity index (χ4v) is 2.67. The number of hydrogen-bond donors (Lipinski definition) is 2. The summed E-state index contributed by atoms with van der Waals surface area (Å²) in [5.74, 6) is -0.130. The molecular formula is C14H16F3IN4OS. The molecule has 0 spiro atoms. The van der Waals surface area contributed by atoms with Gasteiger partial charge in [-0.3, -0.25) is 0 Å². The number of guanidine groups is 1. The number of aryl methyl sites for hydroxylation is 2. The second kappa shape index (κ2) is 8.51. The van der Waals surface area contributed by atoms with Gasteiger partial charge < -0.3 is 15.8 Å². The molecule has 0 radical (unpaired) electrons. The van der Waals surface area contributed by atoms with E-state index in [1.54, 1.807) is 11.3 Å². The minimum absolute atomic E-state index is 0. The predicted molar refractivity (Wildman–Crippen MR) is 99.1 cm³/mol. The van der Waals surface area contributed by atoms with Gasteiger partial charge in [-0.05, 0) is 38.1 Å². The van der Waals surface area contributed by atoms with Crippen molar-refractivity contribution in [2.24, 2.45) is 10.7 Å². The van der Waals surface area contributed by atoms with E-state index in [1.807, 2.05) is 13.8 Å². The summed E-state index contributed by atoms with van der Waals surface area (Å²) >= 11 is 1.55. The molecule has 0 bridgehead atoms. The Morgan fingerprint density at radius 2 is 1.92 bits per heavy atom. The summed E-state index contributed by atoms with van der Waals surface area (Å²) in [4.78, 5) is 9.50. The highest BCUT2D eigenvalue weighted by Gasteiger charge is 2.30. The Labute approximate surface area is 158 Å². The Kier molecular flexibility index (Phi) is 7.27. The Hall–Kier alpha value is -1.56. The fraction of sp³-hybridized carbons (Fsp3) is 0.286. The number of thiazole rings is 1. The van der Waals surface area contributed by atoms with E-state index in [4.69, 9.17) is 5.73 Å². The molecule has 24 heavy (non-hydrogen) atoms. The topological polar surface area (TPSA) is 72.5 Å². The van der Waals surface area contributed by atoms with Crippen LogP contribution in [-0.2, 0) is 6.54 Å². The van der Waals surface area contributed by atoms with Gasteiger partial charge in [0.05, 0.1) is 17.2 Å². The van der Waals surface area contributed by atoms with Crippen molar-refractivity contribution < 1.29 is 17.9 Å². The number of anilines is 1. The van der Waals surface area contributed by atoms with Crippen molar-refractivity contribution in [2.75, 3.05) is 5.32 Å². The normalized spacial score (nSPS) is 11.8. The van der Waals surface area contributed by atoms with Crippen molar-refractivity contribution in [2.45, 2.75) is 26.8 Å². The van der Waals surface area contributed by atoms with E-state index in [0.29, 0.717) is 12.2 Å². The number of halogens is 4. The van der Waals surface area contributed by atoms with E-state index >= 15 is 0 Å². The Morgan fingerprint density at radius 3 is 2.42 bits per heavy atom. The SMILES string of the molecule is Cc1nc(C)c(CN=C(N)Nc2ccc(OC(F)(F)F)cc2)s1.I. The first-order valence-electron chi connectivity index (χ1n) is 6.58. The molecule has 132 valence electrons. The molecule has 0 aliphatic carbocycles. The van der Waals surface area contributed by atoms with Crippen molar-refractivity contribution >= 4 is 47.0 Å². The van der Waals surface area contributed by atoms with Gasteiger partial charge in [-0.15, -0.1) is 48.5 Å². The van der Waals surface area contributed by atoms with Crippen LogP contribution in [0.5, 0.6) is 5.75 Å². The van der Waals surface area contributed by atoms with Crippen LogP contribution in [0.1, 0.15) is 15.6 Å². The molecule has 2 aromatic rings. The van der Waals surface area contributed by atoms with E-state index < -0.39 is 6.36 Å². The Balaban J connectivity index is 0.00000288. The first-order valence-corrected chi connectivity index (χ1v) is 7.40. The van der Waals surface area contributed by atoms with Crippen LogP contribution < -0.4 is 15.8 Å². The van der Waals surface area contributed by atoms with Gasteiger partial charge in [0.2, 0.25) is 0 Å². The van der Waals surface area contributed by atoms with E-state index in [0.717, 1.165) is 15.6 Å². The van der Waals surface area contributed by atoms with Crippen LogP contribution in [0.25, 0.3) is 0 Å². The lowest BCUT2D eigenvalue weighted by molar-refractivity contribution is -0.274. The third kappa shape index (κ3) is 6.51. The Bertz CT molecular complexity index is 701. The molecule has 0 aliphatic heterocycles. The summed E-state index contributed by atoms with van der Waals surface area (Å²) in [6, 6.07) is 5.23. The summed E-state index contributed by atoms with van der Waals surface area (Å²) in [6.45, 7) is 4.21. The van der Waals surface area contributed by atoms with Crippen LogP contribution in [0.4, 0.5) is 18.9 Å². The maximum Gasteiger partial charge on any atom is 0.573 e. The van der Waals surface area contributed by atoms with Crippen LogP contribution in [-0.4, -0.2) is 17.3 Å². The van der Waals surface area contributed by atoms with Crippen LogP contribution in [0.15, 0.2) is 29.3 Å². The molecular weight excluding hydrogens is 456 g/mol. The minimum atomic E-state index is -4.71. The molecule has 0 fully saturated rings. The number of nitrogens with two attached hydrogens (primary N) is 1. The first-order chi connectivity index (χ1) is 10.7. The number of aromatic nitrogens is 1. The van der Waals surface area contributed by atoms with Gasteiger partial charge in [0.15, 0.2) is 5.96 Å². The van der Waals surface area contributed by atoms with E-state index in [-0.39, 0.29) is 35.7 Å². The lowest BCUT2D eigenvalue weighted by Gasteiger charge is -2.10. The molecule has 0 amide bonds. The highest BCUT2D eigenvalue weighted by molar-refractivity contribution is 14.0. The molecule has 0 unspecified atom stereocenters. The van der Waals surface area contributed by atoms with Gasteiger partial charge in [0, 0.05) is 10.6 Å². The van der Waals surface area contributed by atoms with Crippen LogP contribution in [0.2, 0.25) is 0 Å². The van der Waals surface area contributed by atoms with Gasteiger partial charge in [-0.1, -0.05) is 0 Å². The van der Waals surface area contributed by atoms with Crippen LogP contribution >= 0.6 is 35.3 Å². The summed E-state index contributed by atoms with van der Waals surface area (Å²) in [5, 5.41) is 3.76. The standard InChI is InChI=1S/C14H15F3N4OS.HI/c1-8-12(23-9(2)20-8)7-19-13(18)21-10-3-5-11(6-4-10)22-14(15,16)17;/h3-6H,7H2,1-2H3,(H3,18,19,21);1H. The van der Waals surface area contributed by atoms with Crippen molar-refractivity contribution in [3.8, 4) is 5.75 Å². The zero-order chi connectivity index (χ0) is 17.0. The molecule has 0 aliphatic rings. The molecule has 0 saturated heterocycles. The quantitative estimate of drug-likeness (QED) is 0.398. The lowest BCUT2D eigenvalue weighted by Crippen LogP contribution is -2.22. The van der Waals surface area contributed by atoms with Gasteiger partial charge in [0.25, 0.3) is 0 Å². The average molecular weight is 472 g/mol. The maximum atomic E-state index is 12.1. The summed E-state index contributed by atoms with van der Waals surface area (Å²) in [5.41, 5.74) is 7.19. The van der Waals surface area contributed by atoms with Gasteiger partial charge >= 0.3 is 6.36 Å². The number of nitrogens with one attached hydrogen (secondary N) is 1. The number of aliphatic imine (C=N–C) groups is 1. The molecule has 0 saturated carbocycles. The average Bonchev–Trinajstić information content (AvgIpc) is 2.75. The van der Waals surface area contributed by atoms with Crippen LogP contribution in [0.3, 0.4) is 0 Å². The minimum Gasteiger partial charge on any atom is -0.406 e. The van der Waals surface area contributed by atoms with Crippen molar-refractivity contribution in [3.05, 3.63) is 39.8 Å². The first kappa shape index (κ1) is 20.5. The second-order valence-corrected chi connectivity index (χ2v) is 5.93. The molecule has 1 aromatic carbocycles. The molecule has 0 atom stereocenters. The number of hydrogen-bond acceptors (Lipinski definition) is 4. The highest BCUT2D eigenvalue weighted by Crippen LogP contribution is 2.24. The Morgan fingerprint density at radius 1 is 1.29 bits per heavy atom. The zero-order valence-electron chi connectivity index (χ0n) is 12.8. The third-order valence-corrected chi connectivity index (χ3v) is 3.81. The smallest absolute Gasteiger partial charge is 0.406 e. The number of rotatable bonds is 4. The number of alkyl halides is 3. The molecule has 5 nitrogen and oxygen atoms in total. The lowest BCUT2D eigenvalue weighted by atomic mass is 10.3. The van der Waals surface area contributed by atoms with Gasteiger partial charge in [0.1, 0.15) is 5.75 Å².